The Morgan fingerprint density at radius 1 is 1.04 bits per heavy atom. The molecule has 5 heterocycles. The third kappa shape index (κ3) is 7.71. The number of piperazine rings is 2. The molecule has 7 rings (SSSR count). The van der Waals surface area contributed by atoms with E-state index in [4.69, 9.17) is 4.98 Å². The number of amides is 4. The fraction of sp³-hybridized carbons (Fsp3) is 0.436. The molecule has 2 N–H and O–H groups in total. The second-order valence-electron chi connectivity index (χ2n) is 14.5. The number of pyridine rings is 1. The van der Waals surface area contributed by atoms with Crippen LogP contribution < -0.4 is 10.2 Å². The third-order valence-electron chi connectivity index (χ3n) is 10.8. The first kappa shape index (κ1) is 36.3. The highest BCUT2D eigenvalue weighted by Crippen LogP contribution is 2.31. The molecule has 4 aliphatic heterocycles. The average Bonchev–Trinajstić information content (AvgIpc) is 3.11. The van der Waals surface area contributed by atoms with Crippen LogP contribution in [0.1, 0.15) is 23.7 Å². The lowest BCUT2D eigenvalue weighted by molar-refractivity contribution is -0.189. The summed E-state index contributed by atoms with van der Waals surface area (Å²) in [6.45, 7) is 11.5. The molecule has 0 bridgehead atoms. The molecular weight excluding hydrogens is 677 g/mol. The van der Waals surface area contributed by atoms with Crippen molar-refractivity contribution in [1.82, 2.24) is 39.9 Å². The van der Waals surface area contributed by atoms with E-state index in [1.807, 2.05) is 48.5 Å². The monoisotopic (exact) mass is 725 g/mol. The molecule has 4 aliphatic rings. The van der Waals surface area contributed by atoms with Gasteiger partial charge in [-0.15, -0.1) is 6.58 Å². The van der Waals surface area contributed by atoms with Gasteiger partial charge >= 0.3 is 6.03 Å². The number of carbonyl (C=O) groups excluding carboxylic acids is 3. The Kier molecular flexibility index (Phi) is 10.6. The molecule has 0 spiro atoms. The number of rotatable bonds is 10. The van der Waals surface area contributed by atoms with Crippen LogP contribution in [0.25, 0.3) is 0 Å². The molecular formula is C39H48FN9O4. The topological polar surface area (TPSA) is 119 Å². The molecule has 4 amide bonds. The van der Waals surface area contributed by atoms with E-state index < -0.39 is 24.1 Å². The Labute approximate surface area is 309 Å². The van der Waals surface area contributed by atoms with E-state index in [0.29, 0.717) is 17.8 Å². The Balaban J connectivity index is 1.15. The summed E-state index contributed by atoms with van der Waals surface area (Å²) >= 11 is 0. The molecule has 280 valence electrons. The van der Waals surface area contributed by atoms with E-state index in [-0.39, 0.29) is 62.3 Å². The van der Waals surface area contributed by atoms with Crippen molar-refractivity contribution in [3.05, 3.63) is 102 Å². The summed E-state index contributed by atoms with van der Waals surface area (Å²) in [4.78, 5) is 57.6. The summed E-state index contributed by atoms with van der Waals surface area (Å²) in [5.41, 5.74) is 1.74. The van der Waals surface area contributed by atoms with E-state index in [2.05, 4.69) is 40.6 Å². The Bertz CT molecular complexity index is 1830. The van der Waals surface area contributed by atoms with E-state index in [1.54, 1.807) is 16.0 Å². The van der Waals surface area contributed by atoms with Gasteiger partial charge in [-0.2, -0.15) is 0 Å². The number of fused-ring (bicyclic) bond motifs is 1. The van der Waals surface area contributed by atoms with Crippen molar-refractivity contribution in [2.45, 2.75) is 50.7 Å². The molecule has 0 aliphatic carbocycles. The van der Waals surface area contributed by atoms with Crippen LogP contribution in [0.5, 0.6) is 5.75 Å². The van der Waals surface area contributed by atoms with Crippen molar-refractivity contribution in [3.8, 4) is 5.75 Å². The fourth-order valence-corrected chi connectivity index (χ4v) is 8.08. The molecule has 3 atom stereocenters. The predicted octanol–water partition coefficient (Wildman–Crippen LogP) is 2.49. The molecule has 1 unspecified atom stereocenters. The minimum Gasteiger partial charge on any atom is -0.508 e. The predicted molar refractivity (Wildman–Crippen MR) is 198 cm³/mol. The zero-order valence-corrected chi connectivity index (χ0v) is 30.4. The number of nitrogens with zero attached hydrogens (tertiary/aromatic N) is 8. The van der Waals surface area contributed by atoms with Gasteiger partial charge in [0, 0.05) is 70.4 Å². The standard InChI is InChI=1S/C39H48FN9O4/c1-4-15-46-26-37(51)48-34(18-29-13-14-32(50)19-33(29)40)38(52)45(25-36(48)49(46)39(53)41-20-28-9-6-5-7-10-28)22-30-11-8-12-35(42-30)44-23-31(24-44)47-17-16-43(3)21-27(47)2/h4-14,19,27,31,34,36,50H,1,15-18,20-26H2,2-3H3,(H,41,53)/t27-,34-,36?/m0/s1. The van der Waals surface area contributed by atoms with Gasteiger partial charge < -0.3 is 30.0 Å². The van der Waals surface area contributed by atoms with E-state index in [9.17, 15) is 19.5 Å². The lowest BCUT2D eigenvalue weighted by atomic mass is 9.98. The molecule has 2 aromatic carbocycles. The summed E-state index contributed by atoms with van der Waals surface area (Å²) in [6, 6.07) is 18.5. The number of hydrogen-bond donors (Lipinski definition) is 2. The highest BCUT2D eigenvalue weighted by molar-refractivity contribution is 5.91. The first-order valence-corrected chi connectivity index (χ1v) is 18.3. The molecule has 14 heteroatoms. The number of urea groups is 1. The first-order chi connectivity index (χ1) is 25.6. The molecule has 0 radical (unpaired) electrons. The highest BCUT2D eigenvalue weighted by atomic mass is 19.1. The second-order valence-corrected chi connectivity index (χ2v) is 14.5. The smallest absolute Gasteiger partial charge is 0.334 e. The summed E-state index contributed by atoms with van der Waals surface area (Å²) < 4.78 is 15.2. The van der Waals surface area contributed by atoms with Crippen molar-refractivity contribution in [1.29, 1.82) is 0 Å². The normalized spacial score (nSPS) is 23.2. The maximum atomic E-state index is 15.2. The summed E-state index contributed by atoms with van der Waals surface area (Å²) in [6.07, 6.45) is 0.591. The van der Waals surface area contributed by atoms with Gasteiger partial charge in [0.2, 0.25) is 11.8 Å². The molecule has 4 fully saturated rings. The summed E-state index contributed by atoms with van der Waals surface area (Å²) in [5, 5.41) is 16.0. The lowest BCUT2D eigenvalue weighted by Crippen LogP contribution is -2.76. The number of halogens is 1. The van der Waals surface area contributed by atoms with Crippen LogP contribution in [0, 0.1) is 5.82 Å². The molecule has 3 aromatic rings. The molecule has 4 saturated heterocycles. The number of phenolic OH excluding ortho intramolecular Hbond substituents is 1. The van der Waals surface area contributed by atoms with Gasteiger partial charge in [0.05, 0.1) is 25.3 Å². The van der Waals surface area contributed by atoms with Crippen molar-refractivity contribution in [2.75, 3.05) is 64.3 Å². The quantitative estimate of drug-likeness (QED) is 0.304. The highest BCUT2D eigenvalue weighted by Gasteiger charge is 2.51. The van der Waals surface area contributed by atoms with Crippen LogP contribution in [0.15, 0.2) is 79.4 Å². The Morgan fingerprint density at radius 3 is 2.57 bits per heavy atom. The van der Waals surface area contributed by atoms with Gasteiger partial charge in [-0.1, -0.05) is 48.5 Å². The summed E-state index contributed by atoms with van der Waals surface area (Å²) in [7, 11) is 2.16. The van der Waals surface area contributed by atoms with Crippen LogP contribution in [-0.4, -0.2) is 141 Å². The second kappa shape index (κ2) is 15.5. The first-order valence-electron chi connectivity index (χ1n) is 18.3. The lowest BCUT2D eigenvalue weighted by Gasteiger charge is -2.55. The van der Waals surface area contributed by atoms with Gasteiger partial charge in [-0.05, 0) is 43.3 Å². The van der Waals surface area contributed by atoms with Crippen molar-refractivity contribution in [3.63, 3.8) is 0 Å². The van der Waals surface area contributed by atoms with Gasteiger partial charge in [0.15, 0.2) is 0 Å². The third-order valence-corrected chi connectivity index (χ3v) is 10.8. The van der Waals surface area contributed by atoms with Gasteiger partial charge in [0.1, 0.15) is 29.6 Å². The molecule has 1 aromatic heterocycles. The number of carbonyl (C=O) groups is 3. The van der Waals surface area contributed by atoms with Crippen molar-refractivity contribution in [2.24, 2.45) is 0 Å². The number of likely N-dealkylation sites (N-methyl/N-ethyl adjacent to an activating group) is 1. The number of hydrazine groups is 1. The van der Waals surface area contributed by atoms with Crippen LogP contribution in [0.2, 0.25) is 0 Å². The maximum absolute atomic E-state index is 15.2. The number of phenols is 1. The van der Waals surface area contributed by atoms with Gasteiger partial charge in [-0.25, -0.2) is 24.2 Å². The van der Waals surface area contributed by atoms with Crippen LogP contribution in [0.3, 0.4) is 0 Å². The number of aromatic nitrogens is 1. The zero-order valence-electron chi connectivity index (χ0n) is 30.4. The van der Waals surface area contributed by atoms with Crippen LogP contribution in [0.4, 0.5) is 15.0 Å². The van der Waals surface area contributed by atoms with Gasteiger partial charge in [0.25, 0.3) is 0 Å². The zero-order chi connectivity index (χ0) is 37.2. The Morgan fingerprint density at radius 2 is 1.83 bits per heavy atom. The molecule has 13 nitrogen and oxygen atoms in total. The maximum Gasteiger partial charge on any atom is 0.334 e. The SMILES string of the molecule is C=CCN1CC(=O)N2C(CN(Cc3cccc(N4CC(N5CCN(C)C[C@@H]5C)C4)n3)C(=O)[C@@H]2Cc2ccc(O)cc2F)N1C(=O)NCc1ccccc1. The average molecular weight is 726 g/mol. The van der Waals surface area contributed by atoms with Crippen LogP contribution >= 0.6 is 0 Å². The Hall–Kier alpha value is -5.05. The van der Waals surface area contributed by atoms with E-state index in [0.717, 1.165) is 50.2 Å². The number of anilines is 1. The van der Waals surface area contributed by atoms with E-state index in [1.165, 1.54) is 22.0 Å². The molecule has 0 saturated carbocycles. The fourth-order valence-electron chi connectivity index (χ4n) is 8.08. The summed E-state index contributed by atoms with van der Waals surface area (Å²) in [5.74, 6) is -0.822. The van der Waals surface area contributed by atoms with Crippen molar-refractivity contribution < 1.29 is 23.9 Å². The molecule has 53 heavy (non-hydrogen) atoms. The van der Waals surface area contributed by atoms with Crippen molar-refractivity contribution >= 4 is 23.7 Å². The number of aromatic hydroxyl groups is 1. The minimum atomic E-state index is -1.11. The largest absolute Gasteiger partial charge is 0.508 e. The number of nitrogens with one attached hydrogen (secondary N) is 1. The van der Waals surface area contributed by atoms with Gasteiger partial charge in [-0.3, -0.25) is 14.5 Å². The van der Waals surface area contributed by atoms with Crippen LogP contribution in [-0.2, 0) is 29.1 Å². The minimum absolute atomic E-state index is 0.0184. The van der Waals surface area contributed by atoms with E-state index >= 15 is 4.39 Å². The number of hydrogen-bond acceptors (Lipinski definition) is 9. The number of benzene rings is 2.